The number of rotatable bonds is 5. The molecule has 0 N–H and O–H groups in total. The van der Waals surface area contributed by atoms with Gasteiger partial charge in [-0.05, 0) is 40.0 Å². The predicted octanol–water partition coefficient (Wildman–Crippen LogP) is 4.71. The topological polar surface area (TPSA) is 102 Å². The van der Waals surface area contributed by atoms with Gasteiger partial charge in [0.2, 0.25) is 0 Å². The molecule has 1 aliphatic rings. The van der Waals surface area contributed by atoms with Crippen molar-refractivity contribution in [3.63, 3.8) is 0 Å². The van der Waals surface area contributed by atoms with Crippen molar-refractivity contribution in [1.29, 1.82) is 0 Å². The van der Waals surface area contributed by atoms with E-state index < -0.39 is 29.1 Å². The average Bonchev–Trinajstić information content (AvgIpc) is 2.74. The van der Waals surface area contributed by atoms with Gasteiger partial charge in [-0.25, -0.2) is 14.8 Å². The van der Waals surface area contributed by atoms with E-state index in [-0.39, 0.29) is 41.0 Å². The summed E-state index contributed by atoms with van der Waals surface area (Å²) in [5.41, 5.74) is -1.89. The van der Waals surface area contributed by atoms with Crippen molar-refractivity contribution in [3.05, 3.63) is 22.7 Å². The Morgan fingerprint density at radius 2 is 1.83 bits per heavy atom. The molecule has 0 saturated carbocycles. The molecule has 1 aromatic heterocycles. The van der Waals surface area contributed by atoms with Gasteiger partial charge in [0.05, 0.1) is 24.1 Å². The van der Waals surface area contributed by atoms with Crippen molar-refractivity contribution in [2.75, 3.05) is 26.7 Å². The standard InChI is InChI=1S/C26H41ClN4O5/c1-16(2)13-31(20(32)18-12-28-21(24(3,4)5)29-19(18)27)17-11-26(9,22(33)35-10)15-30(14-17)23(34)36-25(6,7)8/h12,16-17H,11,13-15H2,1-10H3/t17-,26?/m0/s1. The highest BCUT2D eigenvalue weighted by Crippen LogP contribution is 2.35. The lowest BCUT2D eigenvalue weighted by Gasteiger charge is -2.46. The van der Waals surface area contributed by atoms with Crippen LogP contribution >= 0.6 is 11.6 Å². The Balaban J connectivity index is 2.50. The molecule has 0 aliphatic carbocycles. The minimum absolute atomic E-state index is 0.0734. The largest absolute Gasteiger partial charge is 0.469 e. The van der Waals surface area contributed by atoms with E-state index in [9.17, 15) is 14.4 Å². The number of carbonyl (C=O) groups excluding carboxylic acids is 3. The summed E-state index contributed by atoms with van der Waals surface area (Å²) in [5.74, 6) is -0.152. The number of piperidine rings is 1. The Morgan fingerprint density at radius 1 is 1.22 bits per heavy atom. The minimum atomic E-state index is -1.03. The van der Waals surface area contributed by atoms with E-state index in [1.807, 2.05) is 34.6 Å². The first-order valence-corrected chi connectivity index (χ1v) is 12.7. The summed E-state index contributed by atoms with van der Waals surface area (Å²) in [6, 6.07) is -0.483. The summed E-state index contributed by atoms with van der Waals surface area (Å²) in [6.07, 6.45) is 1.23. The number of methoxy groups -OCH3 is 1. The summed E-state index contributed by atoms with van der Waals surface area (Å²) in [4.78, 5) is 51.6. The van der Waals surface area contributed by atoms with Crippen LogP contribution in [0.25, 0.3) is 0 Å². The molecule has 1 saturated heterocycles. The number of likely N-dealkylation sites (tertiary alicyclic amines) is 1. The summed E-state index contributed by atoms with van der Waals surface area (Å²) in [7, 11) is 1.32. The van der Waals surface area contributed by atoms with Crippen LogP contribution in [0, 0.1) is 11.3 Å². The zero-order valence-corrected chi connectivity index (χ0v) is 24.0. The zero-order valence-electron chi connectivity index (χ0n) is 23.3. The van der Waals surface area contributed by atoms with Gasteiger partial charge in [-0.3, -0.25) is 9.59 Å². The molecule has 2 rings (SSSR count). The molecule has 0 spiro atoms. The Labute approximate surface area is 219 Å². The van der Waals surface area contributed by atoms with Gasteiger partial charge in [0.15, 0.2) is 0 Å². The number of halogens is 1. The summed E-state index contributed by atoms with van der Waals surface area (Å²) >= 11 is 6.47. The summed E-state index contributed by atoms with van der Waals surface area (Å²) in [6.45, 7) is 17.7. The lowest BCUT2D eigenvalue weighted by atomic mass is 9.79. The van der Waals surface area contributed by atoms with Crippen LogP contribution in [-0.2, 0) is 19.7 Å². The van der Waals surface area contributed by atoms with Crippen molar-refractivity contribution >= 4 is 29.6 Å². The third-order valence-electron chi connectivity index (χ3n) is 5.89. The summed E-state index contributed by atoms with van der Waals surface area (Å²) < 4.78 is 10.7. The lowest BCUT2D eigenvalue weighted by molar-refractivity contribution is -0.156. The molecule has 2 heterocycles. The number of hydrogen-bond acceptors (Lipinski definition) is 7. The Morgan fingerprint density at radius 3 is 2.31 bits per heavy atom. The van der Waals surface area contributed by atoms with Crippen molar-refractivity contribution in [2.45, 2.75) is 85.8 Å². The number of carbonyl (C=O) groups is 3. The number of esters is 1. The van der Waals surface area contributed by atoms with E-state index in [1.165, 1.54) is 18.2 Å². The first kappa shape index (κ1) is 29.8. The molecular weight excluding hydrogens is 484 g/mol. The molecule has 0 aromatic carbocycles. The number of amides is 2. The molecule has 10 heteroatoms. The average molecular weight is 525 g/mol. The number of nitrogens with zero attached hydrogens (tertiary/aromatic N) is 4. The van der Waals surface area contributed by atoms with Crippen LogP contribution in [0.3, 0.4) is 0 Å². The lowest BCUT2D eigenvalue weighted by Crippen LogP contribution is -2.60. The van der Waals surface area contributed by atoms with Gasteiger partial charge in [-0.2, -0.15) is 0 Å². The van der Waals surface area contributed by atoms with Crippen molar-refractivity contribution in [3.8, 4) is 0 Å². The Bertz CT molecular complexity index is 986. The van der Waals surface area contributed by atoms with Crippen molar-refractivity contribution < 1.29 is 23.9 Å². The van der Waals surface area contributed by atoms with Crippen LogP contribution in [0.4, 0.5) is 4.79 Å². The van der Waals surface area contributed by atoms with Crippen LogP contribution in [-0.4, -0.2) is 76.1 Å². The molecule has 1 fully saturated rings. The van der Waals surface area contributed by atoms with Gasteiger partial charge < -0.3 is 19.3 Å². The van der Waals surface area contributed by atoms with Crippen molar-refractivity contribution in [1.82, 2.24) is 19.8 Å². The maximum Gasteiger partial charge on any atom is 0.410 e. The van der Waals surface area contributed by atoms with E-state index in [2.05, 4.69) is 9.97 Å². The fourth-order valence-corrected chi connectivity index (χ4v) is 4.48. The normalized spacial score (nSPS) is 20.8. The maximum absolute atomic E-state index is 13.8. The van der Waals surface area contributed by atoms with Gasteiger partial charge in [-0.1, -0.05) is 46.2 Å². The first-order valence-electron chi connectivity index (χ1n) is 12.3. The highest BCUT2D eigenvalue weighted by Gasteiger charge is 2.47. The van der Waals surface area contributed by atoms with E-state index >= 15 is 0 Å². The summed E-state index contributed by atoms with van der Waals surface area (Å²) in [5, 5.41) is 0.0734. The second-order valence-corrected chi connectivity index (χ2v) is 12.6. The molecule has 202 valence electrons. The number of hydrogen-bond donors (Lipinski definition) is 0. The first-order chi connectivity index (χ1) is 16.4. The molecule has 1 aromatic rings. The Kier molecular flexibility index (Phi) is 9.03. The van der Waals surface area contributed by atoms with Crippen LogP contribution in [0.2, 0.25) is 5.15 Å². The third-order valence-corrected chi connectivity index (χ3v) is 6.18. The molecule has 2 atom stereocenters. The maximum atomic E-state index is 13.8. The van der Waals surface area contributed by atoms with E-state index in [4.69, 9.17) is 21.1 Å². The zero-order chi connectivity index (χ0) is 27.6. The van der Waals surface area contributed by atoms with Gasteiger partial charge in [0, 0.05) is 31.2 Å². The second kappa shape index (κ2) is 10.9. The van der Waals surface area contributed by atoms with Gasteiger partial charge in [0.1, 0.15) is 16.6 Å². The molecule has 36 heavy (non-hydrogen) atoms. The molecule has 1 unspecified atom stereocenters. The molecule has 2 amide bonds. The predicted molar refractivity (Wildman–Crippen MR) is 138 cm³/mol. The van der Waals surface area contributed by atoms with Crippen LogP contribution in [0.15, 0.2) is 6.20 Å². The van der Waals surface area contributed by atoms with Crippen LogP contribution in [0.1, 0.15) is 84.9 Å². The number of ether oxygens (including phenoxy) is 2. The SMILES string of the molecule is COC(=O)C1(C)C[C@H](N(CC(C)C)C(=O)c2cnc(C(C)(C)C)nc2Cl)CN(C(=O)OC(C)(C)C)C1. The van der Waals surface area contributed by atoms with Crippen LogP contribution in [0.5, 0.6) is 0 Å². The van der Waals surface area contributed by atoms with Gasteiger partial charge >= 0.3 is 12.1 Å². The highest BCUT2D eigenvalue weighted by atomic mass is 35.5. The second-order valence-electron chi connectivity index (χ2n) is 12.3. The molecular formula is C26H41ClN4O5. The number of aromatic nitrogens is 2. The molecule has 0 bridgehead atoms. The monoisotopic (exact) mass is 524 g/mol. The third kappa shape index (κ3) is 7.31. The molecule has 1 aliphatic heterocycles. The minimum Gasteiger partial charge on any atom is -0.469 e. The Hall–Kier alpha value is -2.42. The van der Waals surface area contributed by atoms with Gasteiger partial charge in [0.25, 0.3) is 5.91 Å². The fraction of sp³-hybridized carbons (Fsp3) is 0.731. The molecule has 0 radical (unpaired) electrons. The fourth-order valence-electron chi connectivity index (χ4n) is 4.27. The van der Waals surface area contributed by atoms with E-state index in [1.54, 1.807) is 32.6 Å². The van der Waals surface area contributed by atoms with E-state index in [0.717, 1.165) is 0 Å². The quantitative estimate of drug-likeness (QED) is 0.406. The molecule has 9 nitrogen and oxygen atoms in total. The van der Waals surface area contributed by atoms with E-state index in [0.29, 0.717) is 18.8 Å². The van der Waals surface area contributed by atoms with Crippen LogP contribution < -0.4 is 0 Å². The van der Waals surface area contributed by atoms with Crippen molar-refractivity contribution in [2.24, 2.45) is 11.3 Å². The smallest absolute Gasteiger partial charge is 0.410 e. The highest BCUT2D eigenvalue weighted by molar-refractivity contribution is 6.32. The van der Waals surface area contributed by atoms with Gasteiger partial charge in [-0.15, -0.1) is 0 Å².